The van der Waals surface area contributed by atoms with E-state index in [4.69, 9.17) is 9.47 Å². The number of hydrogen-bond donors (Lipinski definition) is 2. The molecule has 1 aromatic carbocycles. The SMILES string of the molecule is CCOC(=O)Nc1nnc(SCC(=O)Nc2ccc(OC)c(S(=O)(=O)N(C)C)c2)s1. The highest BCUT2D eigenvalue weighted by atomic mass is 32.2. The van der Waals surface area contributed by atoms with E-state index in [1.807, 2.05) is 0 Å². The number of ether oxygens (including phenoxy) is 2. The molecule has 2 amide bonds. The Kier molecular flexibility index (Phi) is 8.40. The number of sulfonamides is 1. The van der Waals surface area contributed by atoms with Crippen molar-refractivity contribution in [3.8, 4) is 5.75 Å². The molecule has 14 heteroatoms. The van der Waals surface area contributed by atoms with Crippen LogP contribution < -0.4 is 15.4 Å². The summed E-state index contributed by atoms with van der Waals surface area (Å²) < 4.78 is 36.3. The fraction of sp³-hybridized carbons (Fsp3) is 0.375. The lowest BCUT2D eigenvalue weighted by Crippen LogP contribution is -2.23. The molecule has 30 heavy (non-hydrogen) atoms. The zero-order chi connectivity index (χ0) is 22.3. The Morgan fingerprint density at radius 1 is 1.23 bits per heavy atom. The van der Waals surface area contributed by atoms with Gasteiger partial charge >= 0.3 is 6.09 Å². The number of nitrogens with one attached hydrogen (secondary N) is 2. The van der Waals surface area contributed by atoms with Gasteiger partial charge < -0.3 is 14.8 Å². The van der Waals surface area contributed by atoms with Crippen LogP contribution in [0.25, 0.3) is 0 Å². The first-order valence-electron chi connectivity index (χ1n) is 8.47. The number of methoxy groups -OCH3 is 1. The molecule has 0 aliphatic heterocycles. The highest BCUT2D eigenvalue weighted by Crippen LogP contribution is 2.29. The smallest absolute Gasteiger partial charge is 0.413 e. The van der Waals surface area contributed by atoms with Crippen molar-refractivity contribution in [1.82, 2.24) is 14.5 Å². The third kappa shape index (κ3) is 6.29. The molecule has 164 valence electrons. The van der Waals surface area contributed by atoms with Crippen molar-refractivity contribution in [3.05, 3.63) is 18.2 Å². The standard InChI is InChI=1S/C16H21N5O6S3/c1-5-27-15(23)18-14-19-20-16(29-14)28-9-13(22)17-10-6-7-11(26-4)12(8-10)30(24,25)21(2)3/h6-8H,5,9H2,1-4H3,(H,17,22)(H,18,19,23). The molecule has 2 rings (SSSR count). The van der Waals surface area contributed by atoms with Crippen molar-refractivity contribution < 1.29 is 27.5 Å². The van der Waals surface area contributed by atoms with Gasteiger partial charge in [0.25, 0.3) is 0 Å². The van der Waals surface area contributed by atoms with Crippen molar-refractivity contribution in [2.75, 3.05) is 44.2 Å². The third-order valence-electron chi connectivity index (χ3n) is 3.42. The average molecular weight is 476 g/mol. The lowest BCUT2D eigenvalue weighted by Gasteiger charge is -2.15. The fourth-order valence-electron chi connectivity index (χ4n) is 2.05. The lowest BCUT2D eigenvalue weighted by molar-refractivity contribution is -0.113. The van der Waals surface area contributed by atoms with Gasteiger partial charge in [0, 0.05) is 19.8 Å². The number of aromatic nitrogens is 2. The minimum Gasteiger partial charge on any atom is -0.495 e. The second-order valence-corrected chi connectivity index (χ2v) is 10.0. The van der Waals surface area contributed by atoms with Crippen LogP contribution in [0.3, 0.4) is 0 Å². The van der Waals surface area contributed by atoms with Gasteiger partial charge in [-0.25, -0.2) is 17.5 Å². The molecule has 0 spiro atoms. The predicted octanol–water partition coefficient (Wildman–Crippen LogP) is 2.10. The molecule has 0 aliphatic carbocycles. The maximum atomic E-state index is 12.5. The van der Waals surface area contributed by atoms with Gasteiger partial charge in [0.2, 0.25) is 21.1 Å². The van der Waals surface area contributed by atoms with Crippen LogP contribution in [0.15, 0.2) is 27.4 Å². The van der Waals surface area contributed by atoms with Gasteiger partial charge in [-0.1, -0.05) is 23.1 Å². The van der Waals surface area contributed by atoms with Crippen LogP contribution in [0.1, 0.15) is 6.92 Å². The summed E-state index contributed by atoms with van der Waals surface area (Å²) in [6, 6.07) is 4.35. The van der Waals surface area contributed by atoms with Gasteiger partial charge in [-0.05, 0) is 25.1 Å². The minimum atomic E-state index is -3.75. The molecule has 0 saturated carbocycles. The van der Waals surface area contributed by atoms with Crippen LogP contribution in [0.5, 0.6) is 5.75 Å². The zero-order valence-electron chi connectivity index (χ0n) is 16.7. The summed E-state index contributed by atoms with van der Waals surface area (Å²) in [6.07, 6.45) is -0.633. The van der Waals surface area contributed by atoms with Crippen molar-refractivity contribution in [3.63, 3.8) is 0 Å². The molecule has 0 unspecified atom stereocenters. The van der Waals surface area contributed by atoms with E-state index in [0.29, 0.717) is 10.0 Å². The van der Waals surface area contributed by atoms with E-state index < -0.39 is 16.1 Å². The maximum absolute atomic E-state index is 12.5. The van der Waals surface area contributed by atoms with Gasteiger partial charge in [-0.2, -0.15) is 0 Å². The Morgan fingerprint density at radius 3 is 2.60 bits per heavy atom. The molecule has 0 aliphatic rings. The average Bonchev–Trinajstić information content (AvgIpc) is 3.13. The Morgan fingerprint density at radius 2 is 1.97 bits per heavy atom. The zero-order valence-corrected chi connectivity index (χ0v) is 19.1. The molecule has 0 radical (unpaired) electrons. The maximum Gasteiger partial charge on any atom is 0.413 e. The van der Waals surface area contributed by atoms with Gasteiger partial charge in [-0.15, -0.1) is 10.2 Å². The van der Waals surface area contributed by atoms with Crippen molar-refractivity contribution in [2.45, 2.75) is 16.2 Å². The number of carbonyl (C=O) groups excluding carboxylic acids is 2. The molecule has 0 bridgehead atoms. The molecule has 2 N–H and O–H groups in total. The van der Waals surface area contributed by atoms with Crippen LogP contribution in [0.4, 0.5) is 15.6 Å². The Bertz CT molecular complexity index is 1010. The molecule has 0 saturated heterocycles. The highest BCUT2D eigenvalue weighted by Gasteiger charge is 2.23. The first-order chi connectivity index (χ1) is 14.2. The molecule has 2 aromatic rings. The molecular formula is C16H21N5O6S3. The summed E-state index contributed by atoms with van der Waals surface area (Å²) in [5.74, 6) is -0.185. The largest absolute Gasteiger partial charge is 0.495 e. The quantitative estimate of drug-likeness (QED) is 0.412. The van der Waals surface area contributed by atoms with Gasteiger partial charge in [0.1, 0.15) is 10.6 Å². The van der Waals surface area contributed by atoms with Gasteiger partial charge in [0.15, 0.2) is 4.34 Å². The Hall–Kier alpha value is -2.42. The summed E-state index contributed by atoms with van der Waals surface area (Å²) in [7, 11) is 0.426. The minimum absolute atomic E-state index is 0.00975. The number of amides is 2. The van der Waals surface area contributed by atoms with Crippen LogP contribution in [0.2, 0.25) is 0 Å². The van der Waals surface area contributed by atoms with Crippen molar-refractivity contribution in [1.29, 1.82) is 0 Å². The molecule has 0 fully saturated rings. The Balaban J connectivity index is 2.00. The number of thioether (sulfide) groups is 1. The second kappa shape index (κ2) is 10.6. The second-order valence-electron chi connectivity index (χ2n) is 5.71. The summed E-state index contributed by atoms with van der Waals surface area (Å²) in [5.41, 5.74) is 0.309. The lowest BCUT2D eigenvalue weighted by atomic mass is 10.3. The molecular weight excluding hydrogens is 454 g/mol. The van der Waals surface area contributed by atoms with Crippen LogP contribution in [-0.4, -0.2) is 68.5 Å². The van der Waals surface area contributed by atoms with Gasteiger partial charge in [0.05, 0.1) is 19.5 Å². The van der Waals surface area contributed by atoms with Crippen LogP contribution in [-0.2, 0) is 19.6 Å². The molecule has 0 atom stereocenters. The van der Waals surface area contributed by atoms with E-state index in [9.17, 15) is 18.0 Å². The van der Waals surface area contributed by atoms with E-state index in [-0.39, 0.29) is 34.0 Å². The van der Waals surface area contributed by atoms with Crippen molar-refractivity contribution >= 4 is 55.9 Å². The van der Waals surface area contributed by atoms with E-state index in [0.717, 1.165) is 27.4 Å². The molecule has 1 aromatic heterocycles. The summed E-state index contributed by atoms with van der Waals surface area (Å²) in [4.78, 5) is 23.5. The first kappa shape index (κ1) is 23.9. The Labute approximate surface area is 182 Å². The normalized spacial score (nSPS) is 11.2. The number of hydrogen-bond acceptors (Lipinski definition) is 10. The fourth-order valence-corrected chi connectivity index (χ4v) is 4.66. The van der Waals surface area contributed by atoms with Crippen LogP contribution in [0, 0.1) is 0 Å². The number of anilines is 2. The van der Waals surface area contributed by atoms with E-state index in [1.165, 1.54) is 33.3 Å². The molecule has 1 heterocycles. The third-order valence-corrected chi connectivity index (χ3v) is 7.23. The summed E-state index contributed by atoms with van der Waals surface area (Å²) >= 11 is 2.22. The summed E-state index contributed by atoms with van der Waals surface area (Å²) in [6.45, 7) is 1.91. The number of benzene rings is 1. The van der Waals surface area contributed by atoms with E-state index in [2.05, 4.69) is 20.8 Å². The monoisotopic (exact) mass is 475 g/mol. The van der Waals surface area contributed by atoms with E-state index >= 15 is 0 Å². The highest BCUT2D eigenvalue weighted by molar-refractivity contribution is 8.01. The number of carbonyl (C=O) groups is 2. The van der Waals surface area contributed by atoms with E-state index in [1.54, 1.807) is 13.0 Å². The van der Waals surface area contributed by atoms with Crippen molar-refractivity contribution in [2.24, 2.45) is 0 Å². The number of nitrogens with zero attached hydrogens (tertiary/aromatic N) is 3. The first-order valence-corrected chi connectivity index (χ1v) is 11.7. The summed E-state index contributed by atoms with van der Waals surface area (Å²) in [5, 5.41) is 13.0. The predicted molar refractivity (Wildman–Crippen MR) is 114 cm³/mol. The van der Waals surface area contributed by atoms with Crippen LogP contribution >= 0.6 is 23.1 Å². The number of rotatable bonds is 9. The molecule has 11 nitrogen and oxygen atoms in total. The topological polar surface area (TPSA) is 140 Å². The van der Waals surface area contributed by atoms with Gasteiger partial charge in [-0.3, -0.25) is 10.1 Å².